The van der Waals surface area contributed by atoms with Crippen molar-refractivity contribution in [3.63, 3.8) is 0 Å². The number of ether oxygens (including phenoxy) is 1. The Hall–Kier alpha value is -1.61. The number of methoxy groups -OCH3 is 1. The predicted molar refractivity (Wildman–Crippen MR) is 73.0 cm³/mol. The fourth-order valence-electron chi connectivity index (χ4n) is 2.09. The highest BCUT2D eigenvalue weighted by Crippen LogP contribution is 2.26. The Bertz CT molecular complexity index is 509. The van der Waals surface area contributed by atoms with Crippen LogP contribution >= 0.6 is 0 Å². The fraction of sp³-hybridized carbons (Fsp3) is 0.400. The topological polar surface area (TPSA) is 27.1 Å². The first-order chi connectivity index (χ1) is 8.54. The lowest BCUT2D eigenvalue weighted by molar-refractivity contribution is 0.178. The quantitative estimate of drug-likeness (QED) is 0.828. The summed E-state index contributed by atoms with van der Waals surface area (Å²) in [5.74, 6) is 0. The van der Waals surface area contributed by atoms with Crippen molar-refractivity contribution in [2.75, 3.05) is 7.11 Å². The van der Waals surface area contributed by atoms with Gasteiger partial charge in [-0.1, -0.05) is 39.0 Å². The Balaban J connectivity index is 2.52. The second-order valence-corrected chi connectivity index (χ2v) is 5.43. The predicted octanol–water partition coefficient (Wildman–Crippen LogP) is 3.32. The first-order valence-electron chi connectivity index (χ1n) is 6.15. The number of aromatic nitrogens is 2. The molecule has 3 nitrogen and oxygen atoms in total. The number of hydrogen-bond donors (Lipinski definition) is 0. The Morgan fingerprint density at radius 3 is 2.39 bits per heavy atom. The molecule has 0 N–H and O–H groups in total. The standard InChI is InChI=1S/C15H20N2O/c1-15(2,3)14-13(10-18-4)17(11-16-14)12-8-6-5-7-9-12/h5-9,11H,10H2,1-4H3. The number of nitrogens with zero attached hydrogens (tertiary/aromatic N) is 2. The van der Waals surface area contributed by atoms with E-state index in [0.717, 1.165) is 17.1 Å². The normalized spacial score (nSPS) is 11.8. The maximum absolute atomic E-state index is 5.32. The highest BCUT2D eigenvalue weighted by atomic mass is 16.5. The van der Waals surface area contributed by atoms with Gasteiger partial charge in [-0.05, 0) is 12.1 Å². The van der Waals surface area contributed by atoms with Crippen LogP contribution in [0.15, 0.2) is 36.7 Å². The molecule has 0 saturated carbocycles. The van der Waals surface area contributed by atoms with E-state index in [4.69, 9.17) is 4.74 Å². The molecule has 1 aromatic heterocycles. The number of rotatable bonds is 3. The van der Waals surface area contributed by atoms with Crippen LogP contribution in [-0.2, 0) is 16.8 Å². The first-order valence-corrected chi connectivity index (χ1v) is 6.15. The van der Waals surface area contributed by atoms with Crippen molar-refractivity contribution in [1.82, 2.24) is 9.55 Å². The van der Waals surface area contributed by atoms with Crippen molar-refractivity contribution in [2.24, 2.45) is 0 Å². The summed E-state index contributed by atoms with van der Waals surface area (Å²) in [7, 11) is 1.72. The van der Waals surface area contributed by atoms with Crippen LogP contribution in [0.4, 0.5) is 0 Å². The van der Waals surface area contributed by atoms with Gasteiger partial charge in [-0.15, -0.1) is 0 Å². The molecule has 2 aromatic rings. The molecule has 96 valence electrons. The smallest absolute Gasteiger partial charge is 0.0998 e. The van der Waals surface area contributed by atoms with Gasteiger partial charge < -0.3 is 9.30 Å². The van der Waals surface area contributed by atoms with Gasteiger partial charge in [0.1, 0.15) is 0 Å². The van der Waals surface area contributed by atoms with Crippen molar-refractivity contribution < 1.29 is 4.74 Å². The van der Waals surface area contributed by atoms with E-state index in [1.165, 1.54) is 0 Å². The monoisotopic (exact) mass is 244 g/mol. The van der Waals surface area contributed by atoms with Gasteiger partial charge in [0.05, 0.1) is 24.3 Å². The maximum Gasteiger partial charge on any atom is 0.0998 e. The van der Waals surface area contributed by atoms with Crippen molar-refractivity contribution >= 4 is 0 Å². The van der Waals surface area contributed by atoms with E-state index < -0.39 is 0 Å². The molecule has 0 aliphatic rings. The van der Waals surface area contributed by atoms with Crippen LogP contribution in [0.1, 0.15) is 32.2 Å². The Kier molecular flexibility index (Phi) is 3.53. The third-order valence-corrected chi connectivity index (χ3v) is 2.89. The molecule has 0 fully saturated rings. The molecule has 0 spiro atoms. The van der Waals surface area contributed by atoms with Crippen molar-refractivity contribution in [3.05, 3.63) is 48.0 Å². The van der Waals surface area contributed by atoms with Gasteiger partial charge in [-0.3, -0.25) is 0 Å². The lowest BCUT2D eigenvalue weighted by Gasteiger charge is -2.19. The molecule has 0 atom stereocenters. The first kappa shape index (κ1) is 12.8. The SMILES string of the molecule is COCc1c(C(C)(C)C)ncn1-c1ccccc1. The molecule has 0 aliphatic heterocycles. The average molecular weight is 244 g/mol. The van der Waals surface area contributed by atoms with Crippen LogP contribution in [0.5, 0.6) is 0 Å². The molecule has 2 rings (SSSR count). The van der Waals surface area contributed by atoms with E-state index in [9.17, 15) is 0 Å². The van der Waals surface area contributed by atoms with Crippen LogP contribution in [0.2, 0.25) is 0 Å². The van der Waals surface area contributed by atoms with E-state index in [2.05, 4.69) is 42.5 Å². The van der Waals surface area contributed by atoms with E-state index in [1.807, 2.05) is 24.5 Å². The average Bonchev–Trinajstić information content (AvgIpc) is 2.74. The van der Waals surface area contributed by atoms with Gasteiger partial charge in [0.2, 0.25) is 0 Å². The third kappa shape index (κ3) is 2.46. The number of benzene rings is 1. The summed E-state index contributed by atoms with van der Waals surface area (Å²) in [5, 5.41) is 0. The molecular formula is C15H20N2O. The molecule has 0 amide bonds. The van der Waals surface area contributed by atoms with Gasteiger partial charge in [-0.2, -0.15) is 0 Å². The highest BCUT2D eigenvalue weighted by molar-refractivity contribution is 5.36. The van der Waals surface area contributed by atoms with Crippen molar-refractivity contribution in [3.8, 4) is 5.69 Å². The summed E-state index contributed by atoms with van der Waals surface area (Å²) < 4.78 is 7.42. The summed E-state index contributed by atoms with van der Waals surface area (Å²) in [6.07, 6.45) is 1.88. The van der Waals surface area contributed by atoms with Gasteiger partial charge in [-0.25, -0.2) is 4.98 Å². The molecule has 0 aliphatic carbocycles. The van der Waals surface area contributed by atoms with E-state index in [0.29, 0.717) is 6.61 Å². The zero-order valence-corrected chi connectivity index (χ0v) is 11.5. The Morgan fingerprint density at radius 2 is 1.83 bits per heavy atom. The fourth-order valence-corrected chi connectivity index (χ4v) is 2.09. The zero-order chi connectivity index (χ0) is 13.2. The van der Waals surface area contributed by atoms with Crippen LogP contribution < -0.4 is 0 Å². The highest BCUT2D eigenvalue weighted by Gasteiger charge is 2.23. The van der Waals surface area contributed by atoms with E-state index >= 15 is 0 Å². The molecule has 0 radical (unpaired) electrons. The summed E-state index contributed by atoms with van der Waals surface area (Å²) in [6, 6.07) is 10.2. The maximum atomic E-state index is 5.32. The summed E-state index contributed by atoms with van der Waals surface area (Å²) in [5.41, 5.74) is 3.35. The molecule has 0 saturated heterocycles. The minimum atomic E-state index is 0.0217. The van der Waals surface area contributed by atoms with Gasteiger partial charge in [0, 0.05) is 18.2 Å². The Labute approximate surface area is 108 Å². The zero-order valence-electron chi connectivity index (χ0n) is 11.5. The third-order valence-electron chi connectivity index (χ3n) is 2.89. The van der Waals surface area contributed by atoms with Crippen LogP contribution in [0.3, 0.4) is 0 Å². The van der Waals surface area contributed by atoms with Crippen molar-refractivity contribution in [1.29, 1.82) is 0 Å². The van der Waals surface area contributed by atoms with E-state index in [-0.39, 0.29) is 5.41 Å². The van der Waals surface area contributed by atoms with Gasteiger partial charge in [0.15, 0.2) is 0 Å². The lowest BCUT2D eigenvalue weighted by atomic mass is 9.91. The summed E-state index contributed by atoms with van der Waals surface area (Å²) in [6.45, 7) is 7.08. The molecule has 18 heavy (non-hydrogen) atoms. The van der Waals surface area contributed by atoms with Gasteiger partial charge >= 0.3 is 0 Å². The number of hydrogen-bond acceptors (Lipinski definition) is 2. The molecule has 1 aromatic carbocycles. The summed E-state index contributed by atoms with van der Waals surface area (Å²) >= 11 is 0. The minimum absolute atomic E-state index is 0.0217. The summed E-state index contributed by atoms with van der Waals surface area (Å²) in [4.78, 5) is 4.57. The molecule has 3 heteroatoms. The van der Waals surface area contributed by atoms with Gasteiger partial charge in [0.25, 0.3) is 0 Å². The second-order valence-electron chi connectivity index (χ2n) is 5.43. The van der Waals surface area contributed by atoms with Crippen LogP contribution in [0, 0.1) is 0 Å². The Morgan fingerprint density at radius 1 is 1.17 bits per heavy atom. The number of para-hydroxylation sites is 1. The van der Waals surface area contributed by atoms with E-state index in [1.54, 1.807) is 7.11 Å². The second kappa shape index (κ2) is 4.94. The number of imidazole rings is 1. The minimum Gasteiger partial charge on any atom is -0.378 e. The molecule has 0 unspecified atom stereocenters. The molecule has 0 bridgehead atoms. The largest absolute Gasteiger partial charge is 0.378 e. The molecular weight excluding hydrogens is 224 g/mol. The van der Waals surface area contributed by atoms with Crippen molar-refractivity contribution in [2.45, 2.75) is 32.8 Å². The van der Waals surface area contributed by atoms with Crippen LogP contribution in [-0.4, -0.2) is 16.7 Å². The lowest BCUT2D eigenvalue weighted by Crippen LogP contribution is -2.16. The van der Waals surface area contributed by atoms with Crippen LogP contribution in [0.25, 0.3) is 5.69 Å². The molecule has 1 heterocycles.